The van der Waals surface area contributed by atoms with Crippen LogP contribution in [-0.2, 0) is 173 Å². The second-order valence-corrected chi connectivity index (χ2v) is 18.1. The molecule has 0 saturated heterocycles. The van der Waals surface area contributed by atoms with E-state index < -0.39 is 284 Å². The fourth-order valence-corrected chi connectivity index (χ4v) is 6.62. The fraction of sp³-hybridized carbons (Fsp3) is 0.250. The second-order valence-electron chi connectivity index (χ2n) is 18.1. The summed E-state index contributed by atoms with van der Waals surface area (Å²) in [6.45, 7) is 0. The molecule has 0 saturated carbocycles. The van der Waals surface area contributed by atoms with Crippen LogP contribution in [0, 0.1) is 32.5 Å². The van der Waals surface area contributed by atoms with Crippen LogP contribution in [0.3, 0.4) is 0 Å². The predicted octanol–water partition coefficient (Wildman–Crippen LogP) is -30.1. The normalized spacial score (nSPS) is 10.2. The number of carbonyl (C=O) groups is 36. The molecule has 0 aliphatic heterocycles. The average Bonchev–Trinajstić information content (AvgIpc) is 0.823. The topological polar surface area (TPSA) is 1130 Å². The quantitative estimate of drug-likeness (QED) is 0.0153. The third-order valence-corrected chi connectivity index (χ3v) is 11.5. The first-order valence-electron chi connectivity index (χ1n) is 24.2. The Kier molecular flexibility index (Phi) is 48.4. The summed E-state index contributed by atoms with van der Waals surface area (Å²) in [4.78, 5) is 383. The zero-order chi connectivity index (χ0) is 88.0. The van der Waals surface area contributed by atoms with Gasteiger partial charge in [0.25, 0.3) is 69.4 Å². The van der Waals surface area contributed by atoms with E-state index in [1.54, 1.807) is 0 Å². The minimum Gasteiger partial charge on any atom is -0.550 e. The van der Waals surface area contributed by atoms with Crippen molar-refractivity contribution in [1.29, 1.82) is 0 Å². The molecule has 0 spiro atoms. The van der Waals surface area contributed by atoms with Crippen LogP contribution in [0.1, 0.15) is 38.5 Å². The Balaban J connectivity index is -0.000000160. The van der Waals surface area contributed by atoms with Crippen LogP contribution in [0.25, 0.3) is 0 Å². The van der Waals surface area contributed by atoms with Crippen molar-refractivity contribution in [1.82, 2.24) is 0 Å². The third kappa shape index (κ3) is 28.5. The van der Waals surface area contributed by atoms with E-state index >= 15 is 0 Å². The molecule has 0 bridgehead atoms. The molecule has 588 valence electrons. The molecule has 0 aromatic heterocycles. The number of aliphatic carboxylic acids is 24. The molecule has 0 fully saturated rings. The summed E-state index contributed by atoms with van der Waals surface area (Å²) < 4.78 is 0. The Bertz CT molecular complexity index is 3280. The number of rotatable bonds is 42. The SMILES string of the molecule is O=C([O-])CC(C(=O)[O-])(C(=O)C(=O)O)C(=O)C(=O)O.O=C([O-])CC(C(=O)[O-])(C(=O)C(=O)O)C(=O)C(=O)O.O=C([O-])CC(C(=O)[O-])(C(=O)C(=O)O)C(=O)C(=O)O.O=C([O-])CC(C(=O)[O-])(C(=O)C(=O)O)C(=O)C(=O)O.O=C([O-])CC(C(=O)[O-])(C(=O)C(=O)O)C(=O)C(=O)O.O=C([O-])CC(C(=O)[O-])(C(=O)C(=O)O)C(=O)C(=O)O.[Sn+4].[Sn+4].[Sn+4]. The summed E-state index contributed by atoms with van der Waals surface area (Å²) in [5, 5.41) is 225. The number of Topliss-reactive ketones (excluding diaryl/α,β-unsaturated/α-hetero) is 12. The second kappa shape index (κ2) is 46.6. The number of carboxylic acid groups (broad SMARTS) is 24. The Morgan fingerprint density at radius 1 is 0.144 bits per heavy atom. The minimum atomic E-state index is -3.85. The molecule has 63 heteroatoms. The maximum Gasteiger partial charge on any atom is 4.00 e. The van der Waals surface area contributed by atoms with Crippen molar-refractivity contribution in [3.8, 4) is 0 Å². The van der Waals surface area contributed by atoms with Gasteiger partial charge in [0, 0.05) is 74.3 Å². The van der Waals surface area contributed by atoms with Gasteiger partial charge >= 0.3 is 143 Å². The summed E-state index contributed by atoms with van der Waals surface area (Å²) in [6.07, 6.45) is -11.7. The molecular formula is C48H24O60Sn3. The maximum absolute atomic E-state index is 11.1. The van der Waals surface area contributed by atoms with Crippen LogP contribution in [0.5, 0.6) is 0 Å². The van der Waals surface area contributed by atoms with Crippen molar-refractivity contribution >= 4 is 284 Å². The average molecular weight is 1920 g/mol. The molecule has 60 nitrogen and oxygen atoms in total. The molecular weight excluding hydrogens is 1890 g/mol. The molecule has 0 aliphatic carbocycles. The van der Waals surface area contributed by atoms with Gasteiger partial charge in [-0.25, -0.2) is 57.5 Å². The predicted molar refractivity (Wildman–Crippen MR) is 271 cm³/mol. The molecule has 0 heterocycles. The Morgan fingerprint density at radius 2 is 0.198 bits per heavy atom. The van der Waals surface area contributed by atoms with E-state index in [0.717, 1.165) is 0 Å². The largest absolute Gasteiger partial charge is 4.00 e. The summed E-state index contributed by atoms with van der Waals surface area (Å²) in [6, 6.07) is 0. The zero-order valence-electron chi connectivity index (χ0n) is 51.7. The van der Waals surface area contributed by atoms with E-state index in [1.807, 2.05) is 0 Å². The number of hydrogen-bond acceptors (Lipinski definition) is 48. The van der Waals surface area contributed by atoms with Crippen LogP contribution < -0.4 is 61.3 Å². The summed E-state index contributed by atoms with van der Waals surface area (Å²) in [5.41, 5.74) is -23.1. The molecule has 0 aromatic carbocycles. The van der Waals surface area contributed by atoms with E-state index in [0.29, 0.717) is 0 Å². The first-order chi connectivity index (χ1) is 48.4. The van der Waals surface area contributed by atoms with E-state index in [1.165, 1.54) is 0 Å². The fourth-order valence-electron chi connectivity index (χ4n) is 6.62. The molecule has 0 amide bonds. The van der Waals surface area contributed by atoms with Gasteiger partial charge in [-0.2, -0.15) is 0 Å². The van der Waals surface area contributed by atoms with Gasteiger partial charge in [0.2, 0.25) is 0 Å². The maximum atomic E-state index is 11.1. The number of hydrogen-bond donors (Lipinski definition) is 12. The van der Waals surface area contributed by atoms with Crippen molar-refractivity contribution in [2.75, 3.05) is 0 Å². The molecule has 0 unspecified atom stereocenters. The van der Waals surface area contributed by atoms with E-state index in [-0.39, 0.29) is 71.7 Å². The van der Waals surface area contributed by atoms with Crippen molar-refractivity contribution < 1.29 is 295 Å². The molecule has 111 heavy (non-hydrogen) atoms. The zero-order valence-corrected chi connectivity index (χ0v) is 60.3. The molecule has 0 rings (SSSR count). The van der Waals surface area contributed by atoms with Crippen molar-refractivity contribution in [3.05, 3.63) is 0 Å². The van der Waals surface area contributed by atoms with Gasteiger partial charge in [-0.05, 0) is 0 Å². The van der Waals surface area contributed by atoms with Gasteiger partial charge in [-0.15, -0.1) is 0 Å². The standard InChI is InChI=1S/6C8H6O10.3Sn/c6*9-2(10)1-8(7(17)18,3(11)5(13)14)4(12)6(15)16;;;/h6*1H2,(H,9,10)(H,13,14)(H,15,16)(H,17,18);;;/q;;;;;;3*+4/p-12. The summed E-state index contributed by atoms with van der Waals surface area (Å²) in [5.74, 6) is -89.3. The Morgan fingerprint density at radius 3 is 0.225 bits per heavy atom. The van der Waals surface area contributed by atoms with Crippen LogP contribution in [-0.4, -0.2) is 346 Å². The van der Waals surface area contributed by atoms with Crippen LogP contribution in [0.15, 0.2) is 0 Å². The van der Waals surface area contributed by atoms with Crippen molar-refractivity contribution in [3.63, 3.8) is 0 Å². The van der Waals surface area contributed by atoms with Crippen LogP contribution >= 0.6 is 0 Å². The van der Waals surface area contributed by atoms with Crippen molar-refractivity contribution in [2.24, 2.45) is 32.5 Å². The van der Waals surface area contributed by atoms with Gasteiger partial charge in [-0.3, -0.25) is 57.5 Å². The molecule has 0 atom stereocenters. The number of ketones is 12. The Labute approximate surface area is 647 Å². The first-order valence-corrected chi connectivity index (χ1v) is 24.2. The first kappa shape index (κ1) is 115. The Hall–Kier alpha value is -14.3. The van der Waals surface area contributed by atoms with Gasteiger partial charge in [-0.1, -0.05) is 0 Å². The van der Waals surface area contributed by atoms with Gasteiger partial charge in [0.15, 0.2) is 32.5 Å². The monoisotopic (exact) mass is 1920 g/mol. The van der Waals surface area contributed by atoms with Gasteiger partial charge < -0.3 is 180 Å². The molecule has 0 aliphatic rings. The molecule has 0 aromatic rings. The van der Waals surface area contributed by atoms with E-state index in [2.05, 4.69) is 0 Å². The minimum absolute atomic E-state index is 0. The molecule has 0 radical (unpaired) electrons. The van der Waals surface area contributed by atoms with E-state index in [9.17, 15) is 234 Å². The van der Waals surface area contributed by atoms with Crippen LogP contribution in [0.4, 0.5) is 0 Å². The van der Waals surface area contributed by atoms with E-state index in [4.69, 9.17) is 61.3 Å². The smallest absolute Gasteiger partial charge is 0.550 e. The molecule has 12 N–H and O–H groups in total. The summed E-state index contributed by atoms with van der Waals surface area (Å²) in [7, 11) is 0. The van der Waals surface area contributed by atoms with Gasteiger partial charge in [0.05, 0.1) is 35.8 Å². The number of carboxylic acids is 24. The number of carbonyl (C=O) groups excluding carboxylic acids is 24. The summed E-state index contributed by atoms with van der Waals surface area (Å²) >= 11 is 0. The van der Waals surface area contributed by atoms with Crippen molar-refractivity contribution in [2.45, 2.75) is 38.5 Å². The third-order valence-electron chi connectivity index (χ3n) is 11.5. The van der Waals surface area contributed by atoms with Crippen LogP contribution in [0.2, 0.25) is 0 Å². The van der Waals surface area contributed by atoms with Gasteiger partial charge in [0.1, 0.15) is 0 Å².